The monoisotopic (exact) mass is 845 g/mol. The van der Waals surface area contributed by atoms with E-state index in [0.29, 0.717) is 41.5 Å². The highest BCUT2D eigenvalue weighted by Crippen LogP contribution is 2.50. The van der Waals surface area contributed by atoms with Crippen molar-refractivity contribution in [2.24, 2.45) is 11.8 Å². The average molecular weight is 845 g/mol. The van der Waals surface area contributed by atoms with Gasteiger partial charge in [0, 0.05) is 109 Å². The quantitative estimate of drug-likeness (QED) is 0.146. The van der Waals surface area contributed by atoms with E-state index in [1.54, 1.807) is 19.0 Å². The highest BCUT2D eigenvalue weighted by Gasteiger charge is 2.48. The second-order valence-corrected chi connectivity index (χ2v) is 19.7. The van der Waals surface area contributed by atoms with Gasteiger partial charge in [0.05, 0.1) is 22.8 Å². The summed E-state index contributed by atoms with van der Waals surface area (Å²) in [6, 6.07) is 6.44. The molecule has 4 heterocycles. The van der Waals surface area contributed by atoms with Gasteiger partial charge in [-0.15, -0.1) is 0 Å². The van der Waals surface area contributed by atoms with Crippen LogP contribution in [0.25, 0.3) is 0 Å². The zero-order chi connectivity index (χ0) is 42.4. The zero-order valence-corrected chi connectivity index (χ0v) is 37.4. The predicted molar refractivity (Wildman–Crippen MR) is 242 cm³/mol. The van der Waals surface area contributed by atoms with E-state index in [1.165, 1.54) is 25.7 Å². The summed E-state index contributed by atoms with van der Waals surface area (Å²) in [7, 11) is 7.33. The third-order valence-electron chi connectivity index (χ3n) is 14.3. The predicted octanol–water partition coefficient (Wildman–Crippen LogP) is 4.97. The Morgan fingerprint density at radius 1 is 0.983 bits per heavy atom. The molecule has 2 aliphatic carbocycles. The highest BCUT2D eigenvalue weighted by atomic mass is 32.2. The molecule has 2 aromatic rings. The second kappa shape index (κ2) is 19.8. The molecule has 328 valence electrons. The van der Waals surface area contributed by atoms with Gasteiger partial charge in [0.2, 0.25) is 18.3 Å². The van der Waals surface area contributed by atoms with Gasteiger partial charge in [0.1, 0.15) is 18.4 Å². The summed E-state index contributed by atoms with van der Waals surface area (Å²) < 4.78 is 2.58. The van der Waals surface area contributed by atoms with Crippen molar-refractivity contribution in [3.8, 4) is 0 Å². The summed E-state index contributed by atoms with van der Waals surface area (Å²) in [5.74, 6) is 2.80. The number of aldehydes is 2. The van der Waals surface area contributed by atoms with E-state index in [-0.39, 0.29) is 12.3 Å². The lowest BCUT2D eigenvalue weighted by Gasteiger charge is -2.36. The molecule has 0 bridgehead atoms. The van der Waals surface area contributed by atoms with Gasteiger partial charge in [0.15, 0.2) is 0 Å². The molecule has 0 radical (unpaired) electrons. The molecule has 4 atom stereocenters. The molecule has 7 rings (SSSR count). The Kier molecular flexibility index (Phi) is 14.6. The number of likely N-dealkylation sites (N-methyl/N-ethyl adjacent to an activating group) is 1. The first-order chi connectivity index (χ1) is 29.0. The number of hydrogen-bond acceptors (Lipinski definition) is 13. The number of amides is 2. The largest absolute Gasteiger partial charge is 0.371 e. The molecule has 14 nitrogen and oxygen atoms in total. The first kappa shape index (κ1) is 44.1. The van der Waals surface area contributed by atoms with Crippen LogP contribution in [0.2, 0.25) is 0 Å². The minimum atomic E-state index is -0.483. The minimum Gasteiger partial charge on any atom is -0.371 e. The molecular formula is C45H68N10O4S. The zero-order valence-electron chi connectivity index (χ0n) is 36.6. The molecule has 0 spiro atoms. The van der Waals surface area contributed by atoms with Crippen LogP contribution in [0, 0.1) is 11.8 Å². The maximum atomic E-state index is 12.2. The van der Waals surface area contributed by atoms with E-state index in [1.807, 2.05) is 24.2 Å². The smallest absolute Gasteiger partial charge is 0.224 e. The van der Waals surface area contributed by atoms with Gasteiger partial charge in [0.25, 0.3) is 0 Å². The molecule has 15 heteroatoms. The second-order valence-electron chi connectivity index (χ2n) is 18.3. The van der Waals surface area contributed by atoms with E-state index in [9.17, 15) is 19.2 Å². The Labute approximate surface area is 361 Å². The lowest BCUT2D eigenvalue weighted by atomic mass is 9.95. The number of carbonyl (C=O) groups excluding carboxylic acids is 4. The van der Waals surface area contributed by atoms with Gasteiger partial charge >= 0.3 is 0 Å². The summed E-state index contributed by atoms with van der Waals surface area (Å²) in [6.07, 6.45) is 16.4. The maximum absolute atomic E-state index is 12.2. The van der Waals surface area contributed by atoms with Crippen LogP contribution < -0.4 is 30.2 Å². The molecule has 3 saturated heterocycles. The van der Waals surface area contributed by atoms with Crippen LogP contribution in [0.15, 0.2) is 24.4 Å². The van der Waals surface area contributed by atoms with Crippen molar-refractivity contribution < 1.29 is 19.2 Å². The number of piperidine rings is 2. The van der Waals surface area contributed by atoms with Gasteiger partial charge in [-0.05, 0) is 101 Å². The number of rotatable bonds is 19. The highest BCUT2D eigenvalue weighted by molar-refractivity contribution is 7.97. The molecule has 4 unspecified atom stereocenters. The summed E-state index contributed by atoms with van der Waals surface area (Å²) in [4.78, 5) is 68.7. The third kappa shape index (κ3) is 10.2. The lowest BCUT2D eigenvalue weighted by molar-refractivity contribution is -0.120. The number of anilines is 5. The van der Waals surface area contributed by atoms with Crippen molar-refractivity contribution in [1.82, 2.24) is 24.5 Å². The van der Waals surface area contributed by atoms with Crippen LogP contribution in [0.4, 0.5) is 28.8 Å². The Balaban J connectivity index is 0.855. The van der Waals surface area contributed by atoms with Gasteiger partial charge in [-0.25, -0.2) is 4.98 Å². The molecule has 5 fully saturated rings. The third-order valence-corrected chi connectivity index (χ3v) is 15.6. The van der Waals surface area contributed by atoms with Crippen LogP contribution in [-0.4, -0.2) is 141 Å². The van der Waals surface area contributed by atoms with E-state index >= 15 is 0 Å². The van der Waals surface area contributed by atoms with Crippen molar-refractivity contribution in [3.05, 3.63) is 30.0 Å². The van der Waals surface area contributed by atoms with Crippen molar-refractivity contribution >= 4 is 65.7 Å². The van der Waals surface area contributed by atoms with Crippen molar-refractivity contribution in [2.75, 3.05) is 98.9 Å². The summed E-state index contributed by atoms with van der Waals surface area (Å²) >= 11 is 2.07. The van der Waals surface area contributed by atoms with Crippen molar-refractivity contribution in [1.29, 1.82) is 0 Å². The Morgan fingerprint density at radius 3 is 2.40 bits per heavy atom. The number of benzene rings is 1. The number of likely N-dealkylation sites (tertiary alicyclic amines) is 1. The van der Waals surface area contributed by atoms with Crippen LogP contribution in [0.3, 0.4) is 0 Å². The molecule has 1 aromatic carbocycles. The first-order valence-electron chi connectivity index (χ1n) is 22.5. The number of nitrogens with zero attached hydrogens (tertiary/aromatic N) is 8. The Bertz CT molecular complexity index is 1800. The summed E-state index contributed by atoms with van der Waals surface area (Å²) in [6.45, 7) is 9.82. The summed E-state index contributed by atoms with van der Waals surface area (Å²) in [5, 5.41) is 6.93. The topological polar surface area (TPSA) is 138 Å². The van der Waals surface area contributed by atoms with Gasteiger partial charge in [-0.2, -0.15) is 4.98 Å². The van der Waals surface area contributed by atoms with E-state index in [2.05, 4.69) is 67.7 Å². The lowest BCUT2D eigenvalue weighted by Crippen LogP contribution is -2.39. The Hall–Kier alpha value is -3.95. The van der Waals surface area contributed by atoms with E-state index in [0.717, 1.165) is 132 Å². The minimum absolute atomic E-state index is 0.104. The molecule has 2 saturated carbocycles. The fourth-order valence-electron chi connectivity index (χ4n) is 10.1. The maximum Gasteiger partial charge on any atom is 0.224 e. The Morgan fingerprint density at radius 2 is 1.75 bits per heavy atom. The SMILES string of the molecule is CNC(=O)CCC(C=O)N(C)c1ccc(N2CCC(CN3CCC(SN4CCC(Nc5ncc(C6(C=O)CC6)c(N(C)C6CCCC6C)n5)CC4)C3)CC2)cc1N(C)C=O. The van der Waals surface area contributed by atoms with Gasteiger partial charge < -0.3 is 44.7 Å². The van der Waals surface area contributed by atoms with Crippen LogP contribution in [0.1, 0.15) is 89.5 Å². The fraction of sp³-hybridized carbons (Fsp3) is 0.689. The number of aromatic nitrogens is 2. The van der Waals surface area contributed by atoms with Gasteiger partial charge in [-0.3, -0.25) is 13.9 Å². The fourth-order valence-corrected chi connectivity index (χ4v) is 11.4. The number of nitrogens with one attached hydrogen (secondary N) is 2. The number of carbonyl (C=O) groups is 4. The van der Waals surface area contributed by atoms with Crippen LogP contribution in [-0.2, 0) is 24.6 Å². The van der Waals surface area contributed by atoms with Crippen LogP contribution >= 0.6 is 11.9 Å². The van der Waals surface area contributed by atoms with E-state index in [4.69, 9.17) is 9.97 Å². The first-order valence-corrected chi connectivity index (χ1v) is 23.3. The molecule has 5 aliphatic rings. The molecule has 2 amide bonds. The van der Waals surface area contributed by atoms with Gasteiger partial charge in [-0.1, -0.05) is 25.3 Å². The molecule has 1 aromatic heterocycles. The molecular weight excluding hydrogens is 777 g/mol. The standard InChI is InChI=1S/C45H68N10O4S/c1-32-7-6-8-39(32)52(5)43-38(45(30-57)18-19-45)26-47-44(49-43)48-34-15-23-55(24-16-34)60-37-17-20-53(28-37)27-33-13-21-54(22-14-33)35-9-11-40(41(25-35)50(3)31-58)51(4)36(29-56)10-12-42(59)46-2/h9,11,25-26,29-34,36-37,39H,6-8,10,12-24,27-28H2,1-5H3,(H,46,59)(H,47,48,49). The molecule has 60 heavy (non-hydrogen) atoms. The van der Waals surface area contributed by atoms with Crippen molar-refractivity contribution in [2.45, 2.75) is 113 Å². The molecule has 3 aliphatic heterocycles. The van der Waals surface area contributed by atoms with E-state index < -0.39 is 11.5 Å². The van der Waals surface area contributed by atoms with Crippen molar-refractivity contribution in [3.63, 3.8) is 0 Å². The average Bonchev–Trinajstić information content (AvgIpc) is 3.76. The normalized spacial score (nSPS) is 24.1. The molecule has 2 N–H and O–H groups in total. The van der Waals surface area contributed by atoms with Crippen LogP contribution in [0.5, 0.6) is 0 Å². The summed E-state index contributed by atoms with van der Waals surface area (Å²) in [5.41, 5.74) is 3.20. The number of hydrogen-bond donors (Lipinski definition) is 2.